The third kappa shape index (κ3) is 4.45. The SMILES string of the molecule is O=C(c1cn(Cc2ccccc2F)nn1)N1CCC[C@@H](C(=O)N2CCOCC2)C1. The highest BCUT2D eigenvalue weighted by Gasteiger charge is 2.32. The summed E-state index contributed by atoms with van der Waals surface area (Å²) >= 11 is 0. The van der Waals surface area contributed by atoms with Gasteiger partial charge >= 0.3 is 0 Å². The van der Waals surface area contributed by atoms with E-state index in [4.69, 9.17) is 4.74 Å². The molecule has 2 aliphatic rings. The van der Waals surface area contributed by atoms with E-state index < -0.39 is 0 Å². The Morgan fingerprint density at radius 1 is 1.14 bits per heavy atom. The van der Waals surface area contributed by atoms with Crippen molar-refractivity contribution in [2.75, 3.05) is 39.4 Å². The number of amides is 2. The van der Waals surface area contributed by atoms with Crippen LogP contribution >= 0.6 is 0 Å². The molecule has 0 unspecified atom stereocenters. The zero-order valence-corrected chi connectivity index (χ0v) is 16.2. The predicted octanol–water partition coefficient (Wildman–Crippen LogP) is 1.18. The maximum absolute atomic E-state index is 13.8. The molecule has 0 aliphatic carbocycles. The molecule has 0 bridgehead atoms. The van der Waals surface area contributed by atoms with Crippen molar-refractivity contribution in [1.29, 1.82) is 0 Å². The molecule has 2 fully saturated rings. The van der Waals surface area contributed by atoms with E-state index in [1.807, 2.05) is 4.90 Å². The van der Waals surface area contributed by atoms with Crippen LogP contribution in [0.2, 0.25) is 0 Å². The number of benzene rings is 1. The molecule has 3 heterocycles. The molecule has 2 amide bonds. The minimum atomic E-state index is -0.323. The fraction of sp³-hybridized carbons (Fsp3) is 0.500. The second-order valence-electron chi connectivity index (χ2n) is 7.42. The molecule has 0 radical (unpaired) electrons. The van der Waals surface area contributed by atoms with Gasteiger partial charge in [-0.15, -0.1) is 5.10 Å². The normalized spacial score (nSPS) is 20.0. The van der Waals surface area contributed by atoms with Crippen molar-refractivity contribution >= 4 is 11.8 Å². The number of halogens is 1. The van der Waals surface area contributed by atoms with Gasteiger partial charge in [0.05, 0.1) is 31.9 Å². The molecule has 1 atom stereocenters. The summed E-state index contributed by atoms with van der Waals surface area (Å²) in [6, 6.07) is 6.43. The first-order chi connectivity index (χ1) is 14.1. The van der Waals surface area contributed by atoms with Crippen molar-refractivity contribution in [2.45, 2.75) is 19.4 Å². The summed E-state index contributed by atoms with van der Waals surface area (Å²) in [5.74, 6) is -0.672. The van der Waals surface area contributed by atoms with Crippen LogP contribution in [0.15, 0.2) is 30.5 Å². The van der Waals surface area contributed by atoms with Crippen LogP contribution in [0.3, 0.4) is 0 Å². The molecule has 154 valence electrons. The number of carbonyl (C=O) groups excluding carboxylic acids is 2. The number of rotatable bonds is 4. The van der Waals surface area contributed by atoms with Crippen LogP contribution in [-0.2, 0) is 16.1 Å². The summed E-state index contributed by atoms with van der Waals surface area (Å²) in [6.07, 6.45) is 3.08. The first kappa shape index (κ1) is 19.5. The Hall–Kier alpha value is -2.81. The lowest BCUT2D eigenvalue weighted by Crippen LogP contribution is -2.49. The molecule has 0 saturated carbocycles. The van der Waals surface area contributed by atoms with E-state index in [0.29, 0.717) is 45.0 Å². The number of aromatic nitrogens is 3. The van der Waals surface area contributed by atoms with E-state index in [-0.39, 0.29) is 35.8 Å². The van der Waals surface area contributed by atoms with Crippen molar-refractivity contribution in [3.05, 3.63) is 47.5 Å². The number of nitrogens with zero attached hydrogens (tertiary/aromatic N) is 5. The maximum Gasteiger partial charge on any atom is 0.276 e. The molecule has 1 aromatic heterocycles. The van der Waals surface area contributed by atoms with Crippen LogP contribution in [0.1, 0.15) is 28.9 Å². The summed E-state index contributed by atoms with van der Waals surface area (Å²) in [6.45, 7) is 3.51. The molecule has 29 heavy (non-hydrogen) atoms. The number of hydrogen-bond donors (Lipinski definition) is 0. The van der Waals surface area contributed by atoms with E-state index in [1.165, 1.54) is 16.9 Å². The van der Waals surface area contributed by atoms with Gasteiger partial charge in [-0.3, -0.25) is 9.59 Å². The quantitative estimate of drug-likeness (QED) is 0.769. The van der Waals surface area contributed by atoms with E-state index >= 15 is 0 Å². The van der Waals surface area contributed by atoms with Gasteiger partial charge in [-0.1, -0.05) is 23.4 Å². The van der Waals surface area contributed by atoms with Crippen LogP contribution in [0.5, 0.6) is 0 Å². The van der Waals surface area contributed by atoms with Gasteiger partial charge in [-0.25, -0.2) is 9.07 Å². The lowest BCUT2D eigenvalue weighted by atomic mass is 9.96. The van der Waals surface area contributed by atoms with E-state index in [2.05, 4.69) is 10.3 Å². The predicted molar refractivity (Wildman–Crippen MR) is 102 cm³/mol. The van der Waals surface area contributed by atoms with Gasteiger partial charge in [0.25, 0.3) is 5.91 Å². The van der Waals surface area contributed by atoms with Crippen LogP contribution in [-0.4, -0.2) is 76.0 Å². The van der Waals surface area contributed by atoms with Crippen molar-refractivity contribution < 1.29 is 18.7 Å². The zero-order chi connectivity index (χ0) is 20.2. The van der Waals surface area contributed by atoms with Crippen molar-refractivity contribution in [3.63, 3.8) is 0 Å². The second-order valence-corrected chi connectivity index (χ2v) is 7.42. The van der Waals surface area contributed by atoms with E-state index in [9.17, 15) is 14.0 Å². The Bertz CT molecular complexity index is 881. The Morgan fingerprint density at radius 3 is 2.72 bits per heavy atom. The molecule has 4 rings (SSSR count). The largest absolute Gasteiger partial charge is 0.378 e. The molecule has 8 nitrogen and oxygen atoms in total. The van der Waals surface area contributed by atoms with Crippen LogP contribution < -0.4 is 0 Å². The lowest BCUT2D eigenvalue weighted by Gasteiger charge is -2.35. The van der Waals surface area contributed by atoms with Crippen molar-refractivity contribution in [2.24, 2.45) is 5.92 Å². The van der Waals surface area contributed by atoms with Gasteiger partial charge in [0, 0.05) is 31.7 Å². The fourth-order valence-corrected chi connectivity index (χ4v) is 3.84. The molecule has 2 aliphatic heterocycles. The molecular weight excluding hydrogens is 377 g/mol. The Labute approximate surface area is 168 Å². The number of ether oxygens (including phenoxy) is 1. The molecular formula is C20H24FN5O3. The summed E-state index contributed by atoms with van der Waals surface area (Å²) in [7, 11) is 0. The van der Waals surface area contributed by atoms with Gasteiger partial charge in [0.2, 0.25) is 5.91 Å². The lowest BCUT2D eigenvalue weighted by molar-refractivity contribution is -0.141. The first-order valence-electron chi connectivity index (χ1n) is 9.91. The number of carbonyl (C=O) groups is 2. The van der Waals surface area contributed by atoms with Crippen molar-refractivity contribution in [1.82, 2.24) is 24.8 Å². The minimum Gasteiger partial charge on any atom is -0.378 e. The first-order valence-corrected chi connectivity index (χ1v) is 9.91. The van der Waals surface area contributed by atoms with Crippen molar-refractivity contribution in [3.8, 4) is 0 Å². The van der Waals surface area contributed by atoms with Gasteiger partial charge in [-0.2, -0.15) is 0 Å². The van der Waals surface area contributed by atoms with Crippen LogP contribution in [0.25, 0.3) is 0 Å². The zero-order valence-electron chi connectivity index (χ0n) is 16.2. The topological polar surface area (TPSA) is 80.6 Å². The Morgan fingerprint density at radius 2 is 1.93 bits per heavy atom. The fourth-order valence-electron chi connectivity index (χ4n) is 3.84. The molecule has 9 heteroatoms. The molecule has 1 aromatic carbocycles. The Kier molecular flexibility index (Phi) is 5.84. The smallest absolute Gasteiger partial charge is 0.276 e. The Balaban J connectivity index is 1.39. The summed E-state index contributed by atoms with van der Waals surface area (Å²) in [4.78, 5) is 29.1. The van der Waals surface area contributed by atoms with Gasteiger partial charge in [0.1, 0.15) is 5.82 Å². The number of piperidine rings is 1. The average molecular weight is 401 g/mol. The highest BCUT2D eigenvalue weighted by atomic mass is 19.1. The summed E-state index contributed by atoms with van der Waals surface area (Å²) in [5.41, 5.74) is 0.686. The highest BCUT2D eigenvalue weighted by molar-refractivity contribution is 5.92. The second kappa shape index (κ2) is 8.69. The number of hydrogen-bond acceptors (Lipinski definition) is 5. The van der Waals surface area contributed by atoms with Crippen LogP contribution in [0.4, 0.5) is 4.39 Å². The van der Waals surface area contributed by atoms with Gasteiger partial charge in [-0.05, 0) is 18.9 Å². The molecule has 2 aromatic rings. The monoisotopic (exact) mass is 401 g/mol. The molecule has 0 spiro atoms. The standard InChI is InChI=1S/C20H24FN5O3/c21-17-6-2-1-4-15(17)13-26-14-18(22-23-26)20(28)25-7-3-5-16(12-25)19(27)24-8-10-29-11-9-24/h1-2,4,6,14,16H,3,5,7-13H2/t16-/m1/s1. The molecule has 2 saturated heterocycles. The third-order valence-corrected chi connectivity index (χ3v) is 5.43. The van der Waals surface area contributed by atoms with Crippen LogP contribution in [0, 0.1) is 11.7 Å². The summed E-state index contributed by atoms with van der Waals surface area (Å²) in [5, 5.41) is 7.92. The highest BCUT2D eigenvalue weighted by Crippen LogP contribution is 2.21. The maximum atomic E-state index is 13.8. The third-order valence-electron chi connectivity index (χ3n) is 5.43. The van der Waals surface area contributed by atoms with E-state index in [0.717, 1.165) is 12.8 Å². The molecule has 0 N–H and O–H groups in total. The minimum absolute atomic E-state index is 0.0917. The average Bonchev–Trinajstić information content (AvgIpc) is 3.23. The van der Waals surface area contributed by atoms with E-state index in [1.54, 1.807) is 23.1 Å². The van der Waals surface area contributed by atoms with Gasteiger partial charge in [0.15, 0.2) is 5.69 Å². The number of morpholine rings is 1. The summed E-state index contributed by atoms with van der Waals surface area (Å²) < 4.78 is 20.6. The van der Waals surface area contributed by atoms with Gasteiger partial charge < -0.3 is 14.5 Å². The number of likely N-dealkylation sites (tertiary alicyclic amines) is 1.